The fraction of sp³-hybridized carbons (Fsp3) is 0.167. The second-order valence-electron chi connectivity index (χ2n) is 8.83. The van der Waals surface area contributed by atoms with Crippen molar-refractivity contribution < 1.29 is 9.15 Å². The van der Waals surface area contributed by atoms with Gasteiger partial charge in [0.05, 0.1) is 5.39 Å². The van der Waals surface area contributed by atoms with E-state index in [4.69, 9.17) is 20.8 Å². The summed E-state index contributed by atoms with van der Waals surface area (Å²) in [4.78, 5) is 22.1. The van der Waals surface area contributed by atoms with Crippen LogP contribution >= 0.6 is 23.4 Å². The maximum atomic E-state index is 13.4. The van der Waals surface area contributed by atoms with Gasteiger partial charge >= 0.3 is 0 Å². The van der Waals surface area contributed by atoms with E-state index in [0.717, 1.165) is 22.4 Å². The number of halogens is 1. The second kappa shape index (κ2) is 10.8. The average Bonchev–Trinajstić information content (AvgIpc) is 2.91. The summed E-state index contributed by atoms with van der Waals surface area (Å²) in [6.07, 6.45) is 2.96. The molecule has 5 rings (SSSR count). The zero-order valence-corrected chi connectivity index (χ0v) is 22.3. The molecule has 0 saturated carbocycles. The summed E-state index contributed by atoms with van der Waals surface area (Å²) in [6.45, 7) is 5.69. The molecular formula is C30H25ClN2O3S. The number of ether oxygens (including phenoxy) is 1. The van der Waals surface area contributed by atoms with Crippen LogP contribution in [0.2, 0.25) is 5.15 Å². The molecule has 0 aliphatic rings. The Hall–Kier alpha value is -3.61. The third-order valence-corrected chi connectivity index (χ3v) is 7.32. The van der Waals surface area contributed by atoms with Crippen molar-refractivity contribution in [2.75, 3.05) is 0 Å². The molecule has 0 N–H and O–H groups in total. The molecule has 186 valence electrons. The second-order valence-corrected chi connectivity index (χ2v) is 10.2. The van der Waals surface area contributed by atoms with E-state index >= 15 is 0 Å². The number of hydrogen-bond acceptors (Lipinski definition) is 6. The van der Waals surface area contributed by atoms with Gasteiger partial charge in [-0.05, 0) is 68.3 Å². The van der Waals surface area contributed by atoms with Gasteiger partial charge < -0.3 is 9.15 Å². The summed E-state index contributed by atoms with van der Waals surface area (Å²) < 4.78 is 12.8. The van der Waals surface area contributed by atoms with Gasteiger partial charge in [0, 0.05) is 34.8 Å². The predicted octanol–water partition coefficient (Wildman–Crippen LogP) is 7.95. The van der Waals surface area contributed by atoms with Gasteiger partial charge in [-0.2, -0.15) is 0 Å². The van der Waals surface area contributed by atoms with E-state index in [2.05, 4.69) is 22.1 Å². The standard InChI is InChI=1S/C30H25ClN2O3S/c1-18-14-23(29-24(15-18)27(34)19(2)28(36-29)22-10-7-13-32-16-22)20(3)35-25-11-12-26(31)33-30(25)37-17-21-8-5-4-6-9-21/h4-16,20H,17H2,1-3H3/t20-/m1/s1. The molecule has 5 nitrogen and oxygen atoms in total. The summed E-state index contributed by atoms with van der Waals surface area (Å²) in [5.41, 5.74) is 4.65. The maximum absolute atomic E-state index is 13.4. The van der Waals surface area contributed by atoms with Gasteiger partial charge in [-0.15, -0.1) is 0 Å². The average molecular weight is 529 g/mol. The van der Waals surface area contributed by atoms with Gasteiger partial charge in [0.15, 0.2) is 11.2 Å². The normalized spacial score (nSPS) is 12.0. The SMILES string of the molecule is Cc1cc([C@@H](C)Oc2ccc(Cl)nc2SCc2ccccc2)c2oc(-c3cccnc3)c(C)c(=O)c2c1. The summed E-state index contributed by atoms with van der Waals surface area (Å²) >= 11 is 7.79. The van der Waals surface area contributed by atoms with Crippen molar-refractivity contribution in [1.82, 2.24) is 9.97 Å². The highest BCUT2D eigenvalue weighted by atomic mass is 35.5. The Morgan fingerprint density at radius 2 is 1.86 bits per heavy atom. The van der Waals surface area contributed by atoms with Crippen LogP contribution in [0.5, 0.6) is 5.75 Å². The van der Waals surface area contributed by atoms with E-state index in [0.29, 0.717) is 38.2 Å². The summed E-state index contributed by atoms with van der Waals surface area (Å²) in [7, 11) is 0. The summed E-state index contributed by atoms with van der Waals surface area (Å²) in [6, 6.07) is 21.3. The first-order chi connectivity index (χ1) is 17.9. The first-order valence-electron chi connectivity index (χ1n) is 11.9. The van der Waals surface area contributed by atoms with E-state index in [1.165, 1.54) is 5.56 Å². The van der Waals surface area contributed by atoms with Gasteiger partial charge in [-0.1, -0.05) is 53.7 Å². The van der Waals surface area contributed by atoms with Crippen LogP contribution in [0.3, 0.4) is 0 Å². The van der Waals surface area contributed by atoms with Gasteiger partial charge in [0.1, 0.15) is 27.6 Å². The van der Waals surface area contributed by atoms with E-state index < -0.39 is 6.10 Å². The van der Waals surface area contributed by atoms with Gasteiger partial charge in [-0.25, -0.2) is 4.98 Å². The molecule has 0 amide bonds. The van der Waals surface area contributed by atoms with Gasteiger partial charge in [0.25, 0.3) is 0 Å². The minimum Gasteiger partial charge on any atom is -0.483 e. The largest absolute Gasteiger partial charge is 0.483 e. The van der Waals surface area contributed by atoms with Crippen LogP contribution < -0.4 is 10.2 Å². The number of aryl methyl sites for hydroxylation is 1. The smallest absolute Gasteiger partial charge is 0.196 e. The number of rotatable bonds is 7. The molecule has 5 aromatic rings. The Morgan fingerprint density at radius 1 is 1.05 bits per heavy atom. The Morgan fingerprint density at radius 3 is 2.62 bits per heavy atom. The highest BCUT2D eigenvalue weighted by Gasteiger charge is 2.21. The Balaban J connectivity index is 1.53. The fourth-order valence-corrected chi connectivity index (χ4v) is 5.33. The van der Waals surface area contributed by atoms with E-state index in [1.54, 1.807) is 37.1 Å². The Bertz CT molecular complexity index is 1620. The molecule has 0 spiro atoms. The first-order valence-corrected chi connectivity index (χ1v) is 13.3. The number of aromatic nitrogens is 2. The van der Waals surface area contributed by atoms with E-state index in [1.807, 2.05) is 62.4 Å². The molecule has 37 heavy (non-hydrogen) atoms. The fourth-order valence-electron chi connectivity index (χ4n) is 4.22. The van der Waals surface area contributed by atoms with Crippen molar-refractivity contribution in [3.63, 3.8) is 0 Å². The molecule has 2 aromatic carbocycles. The first kappa shape index (κ1) is 25.1. The lowest BCUT2D eigenvalue weighted by atomic mass is 10.0. The molecule has 0 radical (unpaired) electrons. The van der Waals surface area contributed by atoms with Gasteiger partial charge in [0.2, 0.25) is 0 Å². The number of benzene rings is 2. The molecule has 0 unspecified atom stereocenters. The van der Waals surface area contributed by atoms with Crippen molar-refractivity contribution >= 4 is 34.3 Å². The number of nitrogens with zero attached hydrogens (tertiary/aromatic N) is 2. The highest BCUT2D eigenvalue weighted by Crippen LogP contribution is 2.36. The molecular weight excluding hydrogens is 504 g/mol. The molecule has 7 heteroatoms. The molecule has 0 saturated heterocycles. The van der Waals surface area contributed by atoms with Crippen LogP contribution in [0.1, 0.15) is 35.3 Å². The van der Waals surface area contributed by atoms with Crippen molar-refractivity contribution in [3.05, 3.63) is 117 Å². The zero-order chi connectivity index (χ0) is 25.9. The quantitative estimate of drug-likeness (QED) is 0.158. The number of thioether (sulfide) groups is 1. The number of fused-ring (bicyclic) bond motifs is 1. The van der Waals surface area contributed by atoms with Gasteiger partial charge in [-0.3, -0.25) is 9.78 Å². The molecule has 1 atom stereocenters. The zero-order valence-electron chi connectivity index (χ0n) is 20.7. The molecule has 0 aliphatic heterocycles. The predicted molar refractivity (Wildman–Crippen MR) is 149 cm³/mol. The minimum atomic E-state index is -0.422. The Labute approximate surface area is 224 Å². The molecule has 3 aromatic heterocycles. The van der Waals surface area contributed by atoms with Crippen molar-refractivity contribution in [3.8, 4) is 17.1 Å². The van der Waals surface area contributed by atoms with E-state index in [-0.39, 0.29) is 5.43 Å². The van der Waals surface area contributed by atoms with Crippen LogP contribution in [-0.2, 0) is 5.75 Å². The van der Waals surface area contributed by atoms with Crippen LogP contribution in [0.15, 0.2) is 93.4 Å². The number of pyridine rings is 2. The van der Waals surface area contributed by atoms with Crippen LogP contribution in [-0.4, -0.2) is 9.97 Å². The molecule has 3 heterocycles. The van der Waals surface area contributed by atoms with Crippen LogP contribution in [0.4, 0.5) is 0 Å². The summed E-state index contributed by atoms with van der Waals surface area (Å²) in [5, 5.41) is 1.64. The lowest BCUT2D eigenvalue weighted by Gasteiger charge is -2.19. The molecule has 0 bridgehead atoms. The van der Waals surface area contributed by atoms with Crippen molar-refractivity contribution in [2.24, 2.45) is 0 Å². The van der Waals surface area contributed by atoms with Crippen molar-refractivity contribution in [2.45, 2.75) is 37.7 Å². The summed E-state index contributed by atoms with van der Waals surface area (Å²) in [5.74, 6) is 1.86. The third kappa shape index (κ3) is 5.41. The lowest BCUT2D eigenvalue weighted by molar-refractivity contribution is 0.219. The van der Waals surface area contributed by atoms with Crippen LogP contribution in [0, 0.1) is 13.8 Å². The maximum Gasteiger partial charge on any atom is 0.196 e. The topological polar surface area (TPSA) is 65.2 Å². The third-order valence-electron chi connectivity index (χ3n) is 6.07. The Kier molecular flexibility index (Phi) is 7.31. The highest BCUT2D eigenvalue weighted by molar-refractivity contribution is 7.98. The van der Waals surface area contributed by atoms with E-state index in [9.17, 15) is 4.79 Å². The molecule has 0 fully saturated rings. The monoisotopic (exact) mass is 528 g/mol. The lowest BCUT2D eigenvalue weighted by Crippen LogP contribution is -2.11. The van der Waals surface area contributed by atoms with Crippen LogP contribution in [0.25, 0.3) is 22.3 Å². The van der Waals surface area contributed by atoms with Crippen molar-refractivity contribution in [1.29, 1.82) is 0 Å². The number of hydrogen-bond donors (Lipinski definition) is 0. The minimum absolute atomic E-state index is 0.0653. The molecule has 0 aliphatic carbocycles.